The summed E-state index contributed by atoms with van der Waals surface area (Å²) in [6.07, 6.45) is 0. The zero-order valence-electron chi connectivity index (χ0n) is 12.9. The summed E-state index contributed by atoms with van der Waals surface area (Å²) in [6.45, 7) is 6.01. The van der Waals surface area contributed by atoms with E-state index in [0.717, 1.165) is 9.87 Å². The highest BCUT2D eigenvalue weighted by Gasteiger charge is 2.23. The Morgan fingerprint density at radius 1 is 1.15 bits per heavy atom. The van der Waals surface area contributed by atoms with Gasteiger partial charge in [-0.15, -0.1) is 0 Å². The van der Waals surface area contributed by atoms with Crippen LogP contribution in [0.4, 0.5) is 0 Å². The normalized spacial score (nSPS) is 11.8. The van der Waals surface area contributed by atoms with Crippen LogP contribution in [0, 0.1) is 13.8 Å². The van der Waals surface area contributed by atoms with E-state index in [2.05, 4.69) is 0 Å². The molecular formula is C14H22N2O3S. The minimum absolute atomic E-state index is 0.175. The van der Waals surface area contributed by atoms with Gasteiger partial charge in [0.25, 0.3) is 5.91 Å². The molecule has 0 aliphatic carbocycles. The van der Waals surface area contributed by atoms with E-state index in [4.69, 9.17) is 0 Å². The van der Waals surface area contributed by atoms with Crippen LogP contribution in [0.15, 0.2) is 17.0 Å². The SMILES string of the molecule is CCN(C)C(=O)c1cc(C)c(C)c(S(=O)(=O)N(C)C)c1. The molecule has 112 valence electrons. The lowest BCUT2D eigenvalue weighted by molar-refractivity contribution is 0.0802. The number of carbonyl (C=O) groups is 1. The molecule has 1 aromatic rings. The van der Waals surface area contributed by atoms with Crippen LogP contribution >= 0.6 is 0 Å². The molecular weight excluding hydrogens is 276 g/mol. The highest BCUT2D eigenvalue weighted by Crippen LogP contribution is 2.23. The van der Waals surface area contributed by atoms with Gasteiger partial charge in [-0.05, 0) is 44.0 Å². The predicted octanol–water partition coefficient (Wildman–Crippen LogP) is 1.65. The largest absolute Gasteiger partial charge is 0.342 e. The van der Waals surface area contributed by atoms with Crippen molar-refractivity contribution in [1.82, 2.24) is 9.21 Å². The zero-order valence-corrected chi connectivity index (χ0v) is 13.7. The minimum Gasteiger partial charge on any atom is -0.342 e. The third-order valence-corrected chi connectivity index (χ3v) is 5.39. The number of amides is 1. The lowest BCUT2D eigenvalue weighted by Crippen LogP contribution is -2.28. The van der Waals surface area contributed by atoms with Crippen molar-refractivity contribution in [3.05, 3.63) is 28.8 Å². The number of carbonyl (C=O) groups excluding carboxylic acids is 1. The topological polar surface area (TPSA) is 57.7 Å². The summed E-state index contributed by atoms with van der Waals surface area (Å²) in [5.41, 5.74) is 1.87. The Labute approximate surface area is 121 Å². The van der Waals surface area contributed by atoms with Crippen LogP contribution in [0.25, 0.3) is 0 Å². The van der Waals surface area contributed by atoms with Crippen LogP contribution in [0.1, 0.15) is 28.4 Å². The molecule has 1 amide bonds. The summed E-state index contributed by atoms with van der Waals surface area (Å²) in [7, 11) is 1.10. The average molecular weight is 298 g/mol. The van der Waals surface area contributed by atoms with Crippen molar-refractivity contribution in [2.24, 2.45) is 0 Å². The Hall–Kier alpha value is -1.40. The first kappa shape index (κ1) is 16.7. The quantitative estimate of drug-likeness (QED) is 0.849. The molecule has 5 nitrogen and oxygen atoms in total. The second-order valence-electron chi connectivity index (χ2n) is 5.02. The van der Waals surface area contributed by atoms with E-state index < -0.39 is 10.0 Å². The van der Waals surface area contributed by atoms with Gasteiger partial charge in [-0.1, -0.05) is 0 Å². The molecule has 1 aromatic carbocycles. The van der Waals surface area contributed by atoms with Gasteiger partial charge in [0.15, 0.2) is 0 Å². The summed E-state index contributed by atoms with van der Waals surface area (Å²) in [6, 6.07) is 3.20. The van der Waals surface area contributed by atoms with E-state index in [1.807, 2.05) is 13.8 Å². The van der Waals surface area contributed by atoms with Crippen LogP contribution in [-0.4, -0.2) is 51.2 Å². The molecule has 0 aliphatic heterocycles. The maximum atomic E-state index is 12.3. The number of benzene rings is 1. The van der Waals surface area contributed by atoms with Crippen molar-refractivity contribution in [2.45, 2.75) is 25.7 Å². The summed E-state index contributed by atoms with van der Waals surface area (Å²) < 4.78 is 25.8. The predicted molar refractivity (Wildman–Crippen MR) is 79.4 cm³/mol. The number of hydrogen-bond acceptors (Lipinski definition) is 3. The van der Waals surface area contributed by atoms with Crippen LogP contribution in [-0.2, 0) is 10.0 Å². The Balaban J connectivity index is 3.50. The monoisotopic (exact) mass is 298 g/mol. The molecule has 0 saturated heterocycles. The third-order valence-electron chi connectivity index (χ3n) is 3.45. The number of rotatable bonds is 4. The van der Waals surface area contributed by atoms with Gasteiger partial charge in [-0.3, -0.25) is 4.79 Å². The Bertz CT molecular complexity index is 622. The first-order valence-corrected chi connectivity index (χ1v) is 7.86. The molecule has 0 heterocycles. The van der Waals surface area contributed by atoms with Gasteiger partial charge < -0.3 is 4.90 Å². The van der Waals surface area contributed by atoms with Crippen molar-refractivity contribution >= 4 is 15.9 Å². The highest BCUT2D eigenvalue weighted by atomic mass is 32.2. The van der Waals surface area contributed by atoms with Crippen LogP contribution < -0.4 is 0 Å². The minimum atomic E-state index is -3.56. The second kappa shape index (κ2) is 5.93. The van der Waals surface area contributed by atoms with E-state index >= 15 is 0 Å². The summed E-state index contributed by atoms with van der Waals surface area (Å²) in [5.74, 6) is -0.175. The van der Waals surface area contributed by atoms with E-state index in [1.165, 1.54) is 20.2 Å². The maximum absolute atomic E-state index is 12.3. The highest BCUT2D eigenvalue weighted by molar-refractivity contribution is 7.89. The molecule has 0 N–H and O–H groups in total. The standard InChI is InChI=1S/C14H22N2O3S/c1-7-16(6)14(17)12-8-10(2)11(3)13(9-12)20(18,19)15(4)5/h8-9H,7H2,1-6H3. The van der Waals surface area contributed by atoms with Crippen LogP contribution in [0.5, 0.6) is 0 Å². The zero-order chi connectivity index (χ0) is 15.7. The molecule has 0 radical (unpaired) electrons. The smallest absolute Gasteiger partial charge is 0.253 e. The van der Waals surface area contributed by atoms with Crippen molar-refractivity contribution in [2.75, 3.05) is 27.7 Å². The fourth-order valence-electron chi connectivity index (χ4n) is 1.78. The van der Waals surface area contributed by atoms with Gasteiger partial charge in [0.1, 0.15) is 0 Å². The van der Waals surface area contributed by atoms with Crippen molar-refractivity contribution in [3.8, 4) is 0 Å². The number of hydrogen-bond donors (Lipinski definition) is 0. The summed E-state index contributed by atoms with van der Waals surface area (Å²) >= 11 is 0. The Morgan fingerprint density at radius 3 is 2.15 bits per heavy atom. The average Bonchev–Trinajstić information content (AvgIpc) is 2.39. The van der Waals surface area contributed by atoms with Crippen LogP contribution in [0.3, 0.4) is 0 Å². The lowest BCUT2D eigenvalue weighted by atomic mass is 10.1. The number of nitrogens with zero attached hydrogens (tertiary/aromatic N) is 2. The van der Waals surface area contributed by atoms with E-state index in [0.29, 0.717) is 17.7 Å². The fourth-order valence-corrected chi connectivity index (χ4v) is 3.00. The van der Waals surface area contributed by atoms with Gasteiger partial charge in [0, 0.05) is 33.3 Å². The first-order chi connectivity index (χ1) is 9.12. The van der Waals surface area contributed by atoms with Crippen LogP contribution in [0.2, 0.25) is 0 Å². The molecule has 0 spiro atoms. The number of aryl methyl sites for hydroxylation is 1. The van der Waals surface area contributed by atoms with E-state index in [-0.39, 0.29) is 10.8 Å². The summed E-state index contributed by atoms with van der Waals surface area (Å²) in [5, 5.41) is 0. The summed E-state index contributed by atoms with van der Waals surface area (Å²) in [4.78, 5) is 13.9. The molecule has 1 rings (SSSR count). The van der Waals surface area contributed by atoms with Gasteiger partial charge in [-0.25, -0.2) is 12.7 Å². The third kappa shape index (κ3) is 3.02. The van der Waals surface area contributed by atoms with Crippen molar-refractivity contribution in [1.29, 1.82) is 0 Å². The fraction of sp³-hybridized carbons (Fsp3) is 0.500. The van der Waals surface area contributed by atoms with E-state index in [9.17, 15) is 13.2 Å². The van der Waals surface area contributed by atoms with Gasteiger partial charge in [0.05, 0.1) is 4.90 Å². The van der Waals surface area contributed by atoms with Gasteiger partial charge in [-0.2, -0.15) is 0 Å². The first-order valence-electron chi connectivity index (χ1n) is 6.42. The van der Waals surface area contributed by atoms with Crippen molar-refractivity contribution < 1.29 is 13.2 Å². The molecule has 0 atom stereocenters. The molecule has 20 heavy (non-hydrogen) atoms. The molecule has 0 aromatic heterocycles. The van der Waals surface area contributed by atoms with E-state index in [1.54, 1.807) is 24.9 Å². The molecule has 0 unspecified atom stereocenters. The second-order valence-corrected chi connectivity index (χ2v) is 7.14. The maximum Gasteiger partial charge on any atom is 0.253 e. The molecule has 0 fully saturated rings. The number of sulfonamides is 1. The Morgan fingerprint density at radius 2 is 1.70 bits per heavy atom. The van der Waals surface area contributed by atoms with Crippen molar-refractivity contribution in [3.63, 3.8) is 0 Å². The molecule has 0 bridgehead atoms. The van der Waals surface area contributed by atoms with Gasteiger partial charge >= 0.3 is 0 Å². The molecule has 0 aliphatic rings. The molecule has 6 heteroatoms. The lowest BCUT2D eigenvalue weighted by Gasteiger charge is -2.19. The Kier molecular flexibility index (Phi) is 4.94. The molecule has 0 saturated carbocycles. The van der Waals surface area contributed by atoms with Gasteiger partial charge in [0.2, 0.25) is 10.0 Å².